The van der Waals surface area contributed by atoms with Crippen molar-refractivity contribution >= 4 is 0 Å². The van der Waals surface area contributed by atoms with E-state index >= 15 is 0 Å². The molecule has 0 saturated heterocycles. The molecule has 0 radical (unpaired) electrons. The van der Waals surface area contributed by atoms with Crippen molar-refractivity contribution in [1.29, 1.82) is 0 Å². The Morgan fingerprint density at radius 1 is 1.47 bits per heavy atom. The Bertz CT molecular complexity index is 374. The first-order chi connectivity index (χ1) is 8.24. The van der Waals surface area contributed by atoms with Crippen LogP contribution in [0.1, 0.15) is 37.0 Å². The van der Waals surface area contributed by atoms with E-state index in [1.54, 1.807) is 7.11 Å². The number of methoxy groups -OCH3 is 1. The topological polar surface area (TPSA) is 41.5 Å². The Kier molecular flexibility index (Phi) is 4.02. The van der Waals surface area contributed by atoms with Gasteiger partial charge in [-0.3, -0.25) is 0 Å². The van der Waals surface area contributed by atoms with Gasteiger partial charge in [0.1, 0.15) is 5.75 Å². The summed E-state index contributed by atoms with van der Waals surface area (Å²) in [5.41, 5.74) is 2.12. The van der Waals surface area contributed by atoms with Crippen molar-refractivity contribution in [3.05, 3.63) is 29.3 Å². The van der Waals surface area contributed by atoms with Crippen molar-refractivity contribution in [2.75, 3.05) is 13.7 Å². The number of aryl methyl sites for hydroxylation is 1. The lowest BCUT2D eigenvalue weighted by Crippen LogP contribution is -2.23. The Morgan fingerprint density at radius 2 is 2.24 bits per heavy atom. The second-order valence-corrected chi connectivity index (χ2v) is 4.63. The molecule has 3 nitrogen and oxygen atoms in total. The Balaban J connectivity index is 2.08. The summed E-state index contributed by atoms with van der Waals surface area (Å²) in [6, 6.07) is 6.64. The normalized spacial score (nSPS) is 16.9. The van der Waals surface area contributed by atoms with E-state index in [2.05, 4.69) is 12.2 Å². The quantitative estimate of drug-likeness (QED) is 0.793. The third kappa shape index (κ3) is 3.20. The minimum absolute atomic E-state index is 0.489. The Labute approximate surface area is 103 Å². The third-order valence-corrected chi connectivity index (χ3v) is 3.24. The van der Waals surface area contributed by atoms with Crippen LogP contribution in [0.4, 0.5) is 0 Å². The standard InChI is InChI=1S/C14H21NO2/c1-3-10-4-7-14(17-2)12(8-10)13(16)9-15-11-5-6-11/h4,7-8,11,13,15-16H,3,5-6,9H2,1-2H3. The smallest absolute Gasteiger partial charge is 0.124 e. The molecule has 0 bridgehead atoms. The summed E-state index contributed by atoms with van der Waals surface area (Å²) < 4.78 is 5.30. The van der Waals surface area contributed by atoms with E-state index in [1.165, 1.54) is 18.4 Å². The highest BCUT2D eigenvalue weighted by Crippen LogP contribution is 2.27. The summed E-state index contributed by atoms with van der Waals surface area (Å²) in [4.78, 5) is 0. The molecule has 17 heavy (non-hydrogen) atoms. The molecule has 0 aromatic heterocycles. The van der Waals surface area contributed by atoms with Crippen LogP contribution >= 0.6 is 0 Å². The molecule has 2 N–H and O–H groups in total. The van der Waals surface area contributed by atoms with Crippen LogP contribution < -0.4 is 10.1 Å². The molecule has 0 amide bonds. The molecule has 3 heteroatoms. The molecule has 0 aliphatic heterocycles. The number of benzene rings is 1. The van der Waals surface area contributed by atoms with E-state index in [0.29, 0.717) is 12.6 Å². The minimum atomic E-state index is -0.489. The van der Waals surface area contributed by atoms with E-state index in [1.807, 2.05) is 18.2 Å². The summed E-state index contributed by atoms with van der Waals surface area (Å²) in [6.07, 6.45) is 2.95. The van der Waals surface area contributed by atoms with Crippen molar-refractivity contribution in [2.24, 2.45) is 0 Å². The van der Waals surface area contributed by atoms with Gasteiger partial charge in [0, 0.05) is 18.2 Å². The van der Waals surface area contributed by atoms with Gasteiger partial charge in [-0.1, -0.05) is 13.0 Å². The zero-order chi connectivity index (χ0) is 12.3. The van der Waals surface area contributed by atoms with Gasteiger partial charge in [0.2, 0.25) is 0 Å². The third-order valence-electron chi connectivity index (χ3n) is 3.24. The van der Waals surface area contributed by atoms with Gasteiger partial charge in [-0.2, -0.15) is 0 Å². The second kappa shape index (κ2) is 5.52. The zero-order valence-electron chi connectivity index (χ0n) is 10.6. The van der Waals surface area contributed by atoms with Crippen LogP contribution in [0, 0.1) is 0 Å². The van der Waals surface area contributed by atoms with Crippen LogP contribution in [0.15, 0.2) is 18.2 Å². The Hall–Kier alpha value is -1.06. The van der Waals surface area contributed by atoms with Crippen molar-refractivity contribution in [3.63, 3.8) is 0 Å². The second-order valence-electron chi connectivity index (χ2n) is 4.63. The monoisotopic (exact) mass is 235 g/mol. The summed E-state index contributed by atoms with van der Waals surface area (Å²) in [5, 5.41) is 13.5. The van der Waals surface area contributed by atoms with E-state index in [0.717, 1.165) is 17.7 Å². The number of hydrogen-bond donors (Lipinski definition) is 2. The van der Waals surface area contributed by atoms with Gasteiger partial charge in [-0.05, 0) is 37.0 Å². The van der Waals surface area contributed by atoms with Gasteiger partial charge in [0.05, 0.1) is 13.2 Å². The number of aliphatic hydroxyl groups is 1. The number of ether oxygens (including phenoxy) is 1. The molecule has 1 saturated carbocycles. The van der Waals surface area contributed by atoms with Crippen molar-refractivity contribution in [3.8, 4) is 5.75 Å². The predicted octanol–water partition coefficient (Wildman–Crippen LogP) is 2.04. The van der Waals surface area contributed by atoms with E-state index in [9.17, 15) is 5.11 Å². The molecule has 94 valence electrons. The summed E-state index contributed by atoms with van der Waals surface area (Å²) in [6.45, 7) is 2.72. The van der Waals surface area contributed by atoms with Crippen molar-refractivity contribution in [1.82, 2.24) is 5.32 Å². The van der Waals surface area contributed by atoms with Gasteiger partial charge in [-0.25, -0.2) is 0 Å². The van der Waals surface area contributed by atoms with E-state index < -0.39 is 6.10 Å². The molecular weight excluding hydrogens is 214 g/mol. The minimum Gasteiger partial charge on any atom is -0.496 e. The van der Waals surface area contributed by atoms with Crippen LogP contribution in [0.3, 0.4) is 0 Å². The number of aliphatic hydroxyl groups excluding tert-OH is 1. The fraction of sp³-hybridized carbons (Fsp3) is 0.571. The number of hydrogen-bond acceptors (Lipinski definition) is 3. The molecule has 1 aromatic carbocycles. The van der Waals surface area contributed by atoms with Gasteiger partial charge in [0.15, 0.2) is 0 Å². The number of nitrogens with one attached hydrogen (secondary N) is 1. The molecule has 0 spiro atoms. The Morgan fingerprint density at radius 3 is 2.82 bits per heavy atom. The first-order valence-corrected chi connectivity index (χ1v) is 6.32. The van der Waals surface area contributed by atoms with E-state index in [4.69, 9.17) is 4.74 Å². The lowest BCUT2D eigenvalue weighted by molar-refractivity contribution is 0.170. The summed E-state index contributed by atoms with van der Waals surface area (Å²) in [7, 11) is 1.64. The highest BCUT2D eigenvalue weighted by molar-refractivity contribution is 5.39. The lowest BCUT2D eigenvalue weighted by atomic mass is 10.0. The van der Waals surface area contributed by atoms with Crippen LogP contribution in [0.2, 0.25) is 0 Å². The molecule has 1 fully saturated rings. The maximum atomic E-state index is 10.2. The van der Waals surface area contributed by atoms with Gasteiger partial charge >= 0.3 is 0 Å². The largest absolute Gasteiger partial charge is 0.496 e. The van der Waals surface area contributed by atoms with Crippen LogP contribution in [-0.2, 0) is 6.42 Å². The van der Waals surface area contributed by atoms with Gasteiger partial charge in [-0.15, -0.1) is 0 Å². The summed E-state index contributed by atoms with van der Waals surface area (Å²) >= 11 is 0. The molecule has 1 atom stereocenters. The average molecular weight is 235 g/mol. The zero-order valence-corrected chi connectivity index (χ0v) is 10.6. The van der Waals surface area contributed by atoms with Gasteiger partial charge < -0.3 is 15.2 Å². The van der Waals surface area contributed by atoms with Gasteiger partial charge in [0.25, 0.3) is 0 Å². The number of rotatable bonds is 6. The molecule has 0 heterocycles. The molecule has 1 aliphatic rings. The fourth-order valence-electron chi connectivity index (χ4n) is 1.94. The first-order valence-electron chi connectivity index (χ1n) is 6.32. The average Bonchev–Trinajstić information content (AvgIpc) is 3.19. The fourth-order valence-corrected chi connectivity index (χ4v) is 1.94. The first kappa shape index (κ1) is 12.4. The summed E-state index contributed by atoms with van der Waals surface area (Å²) in [5.74, 6) is 0.771. The highest BCUT2D eigenvalue weighted by Gasteiger charge is 2.22. The maximum Gasteiger partial charge on any atom is 0.124 e. The van der Waals surface area contributed by atoms with Crippen LogP contribution in [0.5, 0.6) is 5.75 Å². The predicted molar refractivity (Wildman–Crippen MR) is 68.4 cm³/mol. The molecule has 1 aliphatic carbocycles. The van der Waals surface area contributed by atoms with Crippen molar-refractivity contribution in [2.45, 2.75) is 38.3 Å². The molecular formula is C14H21NO2. The van der Waals surface area contributed by atoms with Crippen LogP contribution in [0.25, 0.3) is 0 Å². The molecule has 1 unspecified atom stereocenters. The SMILES string of the molecule is CCc1ccc(OC)c(C(O)CNC2CC2)c1. The lowest BCUT2D eigenvalue weighted by Gasteiger charge is -2.16. The maximum absolute atomic E-state index is 10.2. The van der Waals surface area contributed by atoms with Crippen molar-refractivity contribution < 1.29 is 9.84 Å². The van der Waals surface area contributed by atoms with Crippen LogP contribution in [-0.4, -0.2) is 24.8 Å². The molecule has 2 rings (SSSR count). The molecule has 1 aromatic rings. The highest BCUT2D eigenvalue weighted by atomic mass is 16.5. The van der Waals surface area contributed by atoms with E-state index in [-0.39, 0.29) is 0 Å².